The van der Waals surface area contributed by atoms with E-state index in [1.165, 1.54) is 12.5 Å². The number of nitrogens with zero attached hydrogens (tertiary/aromatic N) is 3. The lowest BCUT2D eigenvalue weighted by molar-refractivity contribution is 0.0226. The maximum Gasteiger partial charge on any atom is 0.404 e. The standard InChI is InChI=1S/C37H51FN4O5S/c38-30-5-1-4-29(22-30)37(26-41-16-3-17-41,34-6-2-7-35(34)39-36(43)44)28-12-18-40(19-13-28)23-27-24-42(25-27)31-8-10-32(11-9-31)48(45,46)33-14-20-47-21-15-33/h1,4-5,8-11,22,27-28,33-35,39H,2-3,6-7,12-21,23-26H2,(H,43,44)/t34-,35-,37-/m0/s1. The summed E-state index contributed by atoms with van der Waals surface area (Å²) in [6, 6.07) is 14.5. The smallest absolute Gasteiger partial charge is 0.404 e. The van der Waals surface area contributed by atoms with E-state index in [2.05, 4.69) is 26.1 Å². The zero-order chi connectivity index (χ0) is 33.3. The molecule has 4 aliphatic heterocycles. The van der Waals surface area contributed by atoms with Crippen LogP contribution in [0.2, 0.25) is 0 Å². The lowest BCUT2D eigenvalue weighted by Gasteiger charge is -2.54. The minimum absolute atomic E-state index is 0.123. The molecule has 4 saturated heterocycles. The second-order valence-electron chi connectivity index (χ2n) is 15.0. The van der Waals surface area contributed by atoms with Crippen molar-refractivity contribution in [3.8, 4) is 0 Å². The van der Waals surface area contributed by atoms with Gasteiger partial charge in [-0.05, 0) is 125 Å². The second kappa shape index (κ2) is 14.2. The highest BCUT2D eigenvalue weighted by atomic mass is 32.2. The molecule has 0 unspecified atom stereocenters. The number of hydrogen-bond donors (Lipinski definition) is 2. The Labute approximate surface area is 284 Å². The normalized spacial score (nSPS) is 26.5. The fourth-order valence-corrected chi connectivity index (χ4v) is 11.3. The summed E-state index contributed by atoms with van der Waals surface area (Å²) in [6.07, 6.45) is 6.12. The maximum atomic E-state index is 14.9. The number of hydrogen-bond acceptors (Lipinski definition) is 7. The largest absolute Gasteiger partial charge is 0.465 e. The average molecular weight is 683 g/mol. The Hall–Kier alpha value is -2.73. The number of halogens is 1. The number of carbonyl (C=O) groups is 1. The van der Waals surface area contributed by atoms with Crippen LogP contribution in [0.1, 0.15) is 56.9 Å². The highest BCUT2D eigenvalue weighted by molar-refractivity contribution is 7.92. The van der Waals surface area contributed by atoms with Crippen molar-refractivity contribution in [2.24, 2.45) is 17.8 Å². The molecule has 2 aromatic rings. The van der Waals surface area contributed by atoms with Crippen molar-refractivity contribution in [3.05, 3.63) is 59.9 Å². The van der Waals surface area contributed by atoms with Gasteiger partial charge in [-0.25, -0.2) is 17.6 Å². The molecular weight excluding hydrogens is 631 g/mol. The molecule has 2 N–H and O–H groups in total. The number of nitrogens with one attached hydrogen (secondary N) is 1. The summed E-state index contributed by atoms with van der Waals surface area (Å²) >= 11 is 0. The quantitative estimate of drug-likeness (QED) is 0.342. The molecule has 1 saturated carbocycles. The van der Waals surface area contributed by atoms with Crippen molar-refractivity contribution in [1.82, 2.24) is 15.1 Å². The molecular formula is C37H51FN4O5S. The zero-order valence-corrected chi connectivity index (χ0v) is 28.8. The van der Waals surface area contributed by atoms with E-state index in [1.54, 1.807) is 18.2 Å². The van der Waals surface area contributed by atoms with Gasteiger partial charge in [0.1, 0.15) is 5.82 Å². The van der Waals surface area contributed by atoms with Crippen LogP contribution in [0, 0.1) is 23.6 Å². The number of sulfone groups is 1. The van der Waals surface area contributed by atoms with E-state index in [0.717, 1.165) is 95.7 Å². The van der Waals surface area contributed by atoms with Crippen LogP contribution in [0.25, 0.3) is 0 Å². The molecule has 1 aliphatic carbocycles. The fraction of sp³-hybridized carbons (Fsp3) is 0.649. The number of likely N-dealkylation sites (tertiary alicyclic amines) is 2. The lowest BCUT2D eigenvalue weighted by atomic mass is 9.57. The summed E-state index contributed by atoms with van der Waals surface area (Å²) in [4.78, 5) is 19.7. The molecule has 2 aromatic carbocycles. The topological polar surface area (TPSA) is 102 Å². The van der Waals surface area contributed by atoms with Crippen molar-refractivity contribution in [2.45, 2.75) is 73.0 Å². The molecule has 0 bridgehead atoms. The molecule has 11 heteroatoms. The van der Waals surface area contributed by atoms with Crippen molar-refractivity contribution in [3.63, 3.8) is 0 Å². The summed E-state index contributed by atoms with van der Waals surface area (Å²) in [5.41, 5.74) is 1.80. The zero-order valence-electron chi connectivity index (χ0n) is 27.9. The molecule has 4 heterocycles. The first-order valence-corrected chi connectivity index (χ1v) is 19.6. The Bertz CT molecular complexity index is 1520. The third-order valence-corrected chi connectivity index (χ3v) is 14.5. The summed E-state index contributed by atoms with van der Waals surface area (Å²) in [5.74, 6) is 0.806. The van der Waals surface area contributed by atoms with Crippen LogP contribution in [0.3, 0.4) is 0 Å². The van der Waals surface area contributed by atoms with Gasteiger partial charge in [0.05, 0.1) is 10.1 Å². The highest BCUT2D eigenvalue weighted by Gasteiger charge is 2.53. The average Bonchev–Trinajstić information content (AvgIpc) is 3.51. The molecule has 0 radical (unpaired) electrons. The minimum Gasteiger partial charge on any atom is -0.465 e. The Kier molecular flexibility index (Phi) is 10.0. The Morgan fingerprint density at radius 3 is 2.29 bits per heavy atom. The van der Waals surface area contributed by atoms with Gasteiger partial charge in [0.25, 0.3) is 0 Å². The second-order valence-corrected chi connectivity index (χ2v) is 17.2. The third-order valence-electron chi connectivity index (χ3n) is 12.2. The molecule has 1 amide bonds. The lowest BCUT2D eigenvalue weighted by Crippen LogP contribution is -2.60. The summed E-state index contributed by atoms with van der Waals surface area (Å²) in [6.45, 7) is 8.89. The van der Waals surface area contributed by atoms with Crippen molar-refractivity contribution < 1.29 is 27.4 Å². The van der Waals surface area contributed by atoms with Gasteiger partial charge in [-0.1, -0.05) is 18.6 Å². The first-order valence-electron chi connectivity index (χ1n) is 18.1. The first-order chi connectivity index (χ1) is 23.2. The predicted molar refractivity (Wildman–Crippen MR) is 184 cm³/mol. The van der Waals surface area contributed by atoms with E-state index in [-0.39, 0.29) is 28.4 Å². The predicted octanol–water partition coefficient (Wildman–Crippen LogP) is 5.01. The van der Waals surface area contributed by atoms with Crippen LogP contribution in [0.15, 0.2) is 53.4 Å². The first kappa shape index (κ1) is 33.8. The number of benzene rings is 2. The SMILES string of the molecule is O=C(O)N[C@H]1CCC[C@@H]1[C@](CN1CCC1)(c1cccc(F)c1)C1CCN(CC2CN(c3ccc(S(=O)(=O)C4CCOCC4)cc3)C2)CC1. The van der Waals surface area contributed by atoms with Gasteiger partial charge in [0.2, 0.25) is 0 Å². The van der Waals surface area contributed by atoms with Crippen LogP contribution in [0.5, 0.6) is 0 Å². The number of ether oxygens (including phenoxy) is 1. The molecule has 5 aliphatic rings. The van der Waals surface area contributed by atoms with E-state index in [1.807, 2.05) is 18.2 Å². The Morgan fingerprint density at radius 1 is 0.917 bits per heavy atom. The van der Waals surface area contributed by atoms with Crippen molar-refractivity contribution in [2.75, 3.05) is 70.5 Å². The van der Waals surface area contributed by atoms with Gasteiger partial charge in [-0.3, -0.25) is 0 Å². The molecule has 3 atom stereocenters. The highest BCUT2D eigenvalue weighted by Crippen LogP contribution is 2.51. The number of rotatable bonds is 11. The number of amides is 1. The van der Waals surface area contributed by atoms with Crippen LogP contribution in [-0.4, -0.2) is 106 Å². The van der Waals surface area contributed by atoms with E-state index in [4.69, 9.17) is 4.74 Å². The maximum absolute atomic E-state index is 14.9. The van der Waals surface area contributed by atoms with Gasteiger partial charge < -0.3 is 29.9 Å². The van der Waals surface area contributed by atoms with Gasteiger partial charge in [-0.15, -0.1) is 0 Å². The fourth-order valence-electron chi connectivity index (χ4n) is 9.60. The molecule has 5 fully saturated rings. The van der Waals surface area contributed by atoms with Crippen LogP contribution >= 0.6 is 0 Å². The van der Waals surface area contributed by atoms with Crippen molar-refractivity contribution in [1.29, 1.82) is 0 Å². The van der Waals surface area contributed by atoms with E-state index >= 15 is 0 Å². The van der Waals surface area contributed by atoms with Gasteiger partial charge >= 0.3 is 6.09 Å². The molecule has 9 nitrogen and oxygen atoms in total. The molecule has 48 heavy (non-hydrogen) atoms. The van der Waals surface area contributed by atoms with E-state index in [9.17, 15) is 22.7 Å². The number of piperidine rings is 1. The number of carboxylic acid groups (broad SMARTS) is 1. The Morgan fingerprint density at radius 2 is 1.65 bits per heavy atom. The van der Waals surface area contributed by atoms with Gasteiger partial charge in [0.15, 0.2) is 9.84 Å². The summed E-state index contributed by atoms with van der Waals surface area (Å²) in [7, 11) is -3.33. The monoisotopic (exact) mass is 682 g/mol. The minimum atomic E-state index is -3.33. The molecule has 0 aromatic heterocycles. The van der Waals surface area contributed by atoms with Crippen molar-refractivity contribution >= 4 is 21.6 Å². The van der Waals surface area contributed by atoms with Crippen LogP contribution in [-0.2, 0) is 20.0 Å². The van der Waals surface area contributed by atoms with Gasteiger partial charge in [-0.2, -0.15) is 0 Å². The van der Waals surface area contributed by atoms with E-state index < -0.39 is 15.9 Å². The molecule has 0 spiro atoms. The van der Waals surface area contributed by atoms with Crippen LogP contribution < -0.4 is 10.2 Å². The third kappa shape index (κ3) is 6.85. The summed E-state index contributed by atoms with van der Waals surface area (Å²) in [5, 5.41) is 12.3. The number of anilines is 1. The van der Waals surface area contributed by atoms with Gasteiger partial charge in [0, 0.05) is 62.5 Å². The molecule has 262 valence electrons. The van der Waals surface area contributed by atoms with Crippen LogP contribution in [0.4, 0.5) is 14.9 Å². The Balaban J connectivity index is 0.998. The molecule has 7 rings (SSSR count). The summed E-state index contributed by atoms with van der Waals surface area (Å²) < 4.78 is 46.4. The van der Waals surface area contributed by atoms with E-state index in [0.29, 0.717) is 42.8 Å².